The lowest BCUT2D eigenvalue weighted by Gasteiger charge is -2.43. The summed E-state index contributed by atoms with van der Waals surface area (Å²) in [6.45, 7) is 11.5. The summed E-state index contributed by atoms with van der Waals surface area (Å²) in [5, 5.41) is 0. The maximum Gasteiger partial charge on any atom is 0.312 e. The van der Waals surface area contributed by atoms with E-state index in [1.165, 1.54) is 0 Å². The lowest BCUT2D eigenvalue weighted by molar-refractivity contribution is -0.307. The highest BCUT2D eigenvalue weighted by Crippen LogP contribution is 2.38. The fourth-order valence-electron chi connectivity index (χ4n) is 3.46. The van der Waals surface area contributed by atoms with Gasteiger partial charge in [0.15, 0.2) is 11.4 Å². The third-order valence-electron chi connectivity index (χ3n) is 6.07. The first-order chi connectivity index (χ1) is 12.5. The Kier molecular flexibility index (Phi) is 6.63. The van der Waals surface area contributed by atoms with Gasteiger partial charge in [-0.2, -0.15) is 0 Å². The molecule has 0 aromatic heterocycles. The van der Waals surface area contributed by atoms with Crippen LogP contribution in [0, 0.1) is 5.41 Å². The normalized spacial score (nSPS) is 23.6. The molecule has 1 saturated heterocycles. The largest absolute Gasteiger partial charge is 0.459 e. The molecule has 2 aliphatic rings. The summed E-state index contributed by atoms with van der Waals surface area (Å²) >= 11 is 0. The van der Waals surface area contributed by atoms with E-state index in [-0.39, 0.29) is 37.2 Å². The second-order valence-corrected chi connectivity index (χ2v) is 9.18. The number of carbonyl (C=O) groups is 2. The van der Waals surface area contributed by atoms with Gasteiger partial charge in [-0.25, -0.2) is 0 Å². The molecule has 0 bridgehead atoms. The predicted molar refractivity (Wildman–Crippen MR) is 101 cm³/mol. The van der Waals surface area contributed by atoms with Gasteiger partial charge in [-0.3, -0.25) is 9.59 Å². The van der Waals surface area contributed by atoms with E-state index in [1.807, 2.05) is 27.7 Å². The molecule has 2 fully saturated rings. The molecular formula is C21H36O6. The van der Waals surface area contributed by atoms with Crippen LogP contribution in [0.1, 0.15) is 86.5 Å². The molecule has 0 amide bonds. The zero-order chi connectivity index (χ0) is 20.3. The molecule has 0 aromatic carbocycles. The summed E-state index contributed by atoms with van der Waals surface area (Å²) < 4.78 is 23.2. The lowest BCUT2D eigenvalue weighted by atomic mass is 9.89. The maximum atomic E-state index is 12.8. The van der Waals surface area contributed by atoms with Crippen molar-refractivity contribution in [3.63, 3.8) is 0 Å². The van der Waals surface area contributed by atoms with Crippen LogP contribution in [0.25, 0.3) is 0 Å². The average molecular weight is 385 g/mol. The standard InChI is InChI=1S/C21H36O6/c1-7-18(3,4)17(23)27-21(14-24-19(5,6)25-15-21)13-16(22)26-20(8-2)11-9-10-12-20/h7-15H2,1-6H3. The monoisotopic (exact) mass is 384 g/mol. The number of carbonyl (C=O) groups excluding carboxylic acids is 2. The zero-order valence-electron chi connectivity index (χ0n) is 17.8. The van der Waals surface area contributed by atoms with Crippen molar-refractivity contribution in [2.24, 2.45) is 5.41 Å². The van der Waals surface area contributed by atoms with Crippen molar-refractivity contribution in [3.8, 4) is 0 Å². The Labute approximate surface area is 163 Å². The van der Waals surface area contributed by atoms with Gasteiger partial charge in [0, 0.05) is 0 Å². The van der Waals surface area contributed by atoms with Crippen molar-refractivity contribution in [2.75, 3.05) is 13.2 Å². The van der Waals surface area contributed by atoms with Gasteiger partial charge < -0.3 is 18.9 Å². The van der Waals surface area contributed by atoms with E-state index < -0.39 is 16.8 Å². The minimum Gasteiger partial charge on any atom is -0.459 e. The van der Waals surface area contributed by atoms with Crippen LogP contribution < -0.4 is 0 Å². The molecule has 27 heavy (non-hydrogen) atoms. The number of esters is 2. The van der Waals surface area contributed by atoms with E-state index in [1.54, 1.807) is 13.8 Å². The molecule has 6 heteroatoms. The Morgan fingerprint density at radius 1 is 0.963 bits per heavy atom. The molecule has 0 N–H and O–H groups in total. The van der Waals surface area contributed by atoms with Gasteiger partial charge in [-0.1, -0.05) is 13.8 Å². The first kappa shape index (κ1) is 22.2. The van der Waals surface area contributed by atoms with E-state index >= 15 is 0 Å². The van der Waals surface area contributed by atoms with Gasteiger partial charge in [0.1, 0.15) is 5.60 Å². The van der Waals surface area contributed by atoms with Crippen LogP contribution in [-0.4, -0.2) is 42.1 Å². The topological polar surface area (TPSA) is 71.1 Å². The summed E-state index contributed by atoms with van der Waals surface area (Å²) in [5.74, 6) is -1.47. The van der Waals surface area contributed by atoms with Crippen LogP contribution in [0.15, 0.2) is 0 Å². The third kappa shape index (κ3) is 5.44. The van der Waals surface area contributed by atoms with Crippen molar-refractivity contribution in [1.82, 2.24) is 0 Å². The quantitative estimate of drug-likeness (QED) is 0.614. The molecule has 156 valence electrons. The van der Waals surface area contributed by atoms with Gasteiger partial charge in [0.25, 0.3) is 0 Å². The van der Waals surface area contributed by atoms with Gasteiger partial charge in [-0.05, 0) is 66.2 Å². The Hall–Kier alpha value is -1.14. The second-order valence-electron chi connectivity index (χ2n) is 9.18. The molecule has 0 aromatic rings. The molecule has 0 atom stereocenters. The Morgan fingerprint density at radius 3 is 2.00 bits per heavy atom. The van der Waals surface area contributed by atoms with Crippen molar-refractivity contribution in [2.45, 2.75) is 103 Å². The van der Waals surface area contributed by atoms with Crippen LogP contribution in [0.4, 0.5) is 0 Å². The summed E-state index contributed by atoms with van der Waals surface area (Å²) in [6.07, 6.45) is 5.32. The van der Waals surface area contributed by atoms with Gasteiger partial charge in [-0.15, -0.1) is 0 Å². The number of ether oxygens (including phenoxy) is 4. The van der Waals surface area contributed by atoms with Crippen LogP contribution in [0.3, 0.4) is 0 Å². The molecule has 2 rings (SSSR count). The highest BCUT2D eigenvalue weighted by molar-refractivity contribution is 5.77. The first-order valence-corrected chi connectivity index (χ1v) is 10.2. The third-order valence-corrected chi connectivity index (χ3v) is 6.07. The van der Waals surface area contributed by atoms with Crippen LogP contribution in [0.5, 0.6) is 0 Å². The fourth-order valence-corrected chi connectivity index (χ4v) is 3.46. The SMILES string of the molecule is CCC1(OC(=O)CC2(OC(=O)C(C)(C)CC)COC(C)(C)OC2)CCCC1. The van der Waals surface area contributed by atoms with E-state index in [9.17, 15) is 9.59 Å². The molecule has 0 spiro atoms. The molecule has 1 aliphatic carbocycles. The van der Waals surface area contributed by atoms with Gasteiger partial charge >= 0.3 is 11.9 Å². The Bertz CT molecular complexity index is 535. The number of rotatable bonds is 7. The van der Waals surface area contributed by atoms with Gasteiger partial charge in [0.2, 0.25) is 0 Å². The van der Waals surface area contributed by atoms with E-state index in [4.69, 9.17) is 18.9 Å². The zero-order valence-corrected chi connectivity index (χ0v) is 17.8. The predicted octanol–water partition coefficient (Wildman–Crippen LogP) is 4.14. The maximum absolute atomic E-state index is 12.8. The van der Waals surface area contributed by atoms with Crippen molar-refractivity contribution in [1.29, 1.82) is 0 Å². The molecule has 1 heterocycles. The molecule has 1 saturated carbocycles. The van der Waals surface area contributed by atoms with Gasteiger partial charge in [0.05, 0.1) is 25.0 Å². The Morgan fingerprint density at radius 2 is 1.52 bits per heavy atom. The van der Waals surface area contributed by atoms with E-state index in [0.29, 0.717) is 6.42 Å². The summed E-state index contributed by atoms with van der Waals surface area (Å²) in [6, 6.07) is 0. The molecule has 0 radical (unpaired) electrons. The summed E-state index contributed by atoms with van der Waals surface area (Å²) in [5.41, 5.74) is -2.16. The fraction of sp³-hybridized carbons (Fsp3) is 0.905. The van der Waals surface area contributed by atoms with Crippen molar-refractivity contribution in [3.05, 3.63) is 0 Å². The first-order valence-electron chi connectivity index (χ1n) is 10.2. The van der Waals surface area contributed by atoms with Crippen LogP contribution >= 0.6 is 0 Å². The minimum absolute atomic E-state index is 0.0592. The van der Waals surface area contributed by atoms with Crippen LogP contribution in [-0.2, 0) is 28.5 Å². The average Bonchev–Trinajstić information content (AvgIpc) is 3.06. The minimum atomic E-state index is -1.15. The smallest absolute Gasteiger partial charge is 0.312 e. The van der Waals surface area contributed by atoms with E-state index in [2.05, 4.69) is 0 Å². The number of hydrogen-bond donors (Lipinski definition) is 0. The van der Waals surface area contributed by atoms with Crippen molar-refractivity contribution >= 4 is 11.9 Å². The molecule has 1 aliphatic heterocycles. The highest BCUT2D eigenvalue weighted by Gasteiger charge is 2.48. The lowest BCUT2D eigenvalue weighted by Crippen LogP contribution is -2.56. The second kappa shape index (κ2) is 8.08. The van der Waals surface area contributed by atoms with Crippen LogP contribution in [0.2, 0.25) is 0 Å². The van der Waals surface area contributed by atoms with E-state index in [0.717, 1.165) is 32.1 Å². The van der Waals surface area contributed by atoms with Crippen molar-refractivity contribution < 1.29 is 28.5 Å². The molecule has 0 unspecified atom stereocenters. The molecular weight excluding hydrogens is 348 g/mol. The summed E-state index contributed by atoms with van der Waals surface area (Å²) in [7, 11) is 0. The summed E-state index contributed by atoms with van der Waals surface area (Å²) in [4.78, 5) is 25.5. The number of hydrogen-bond acceptors (Lipinski definition) is 6. The highest BCUT2D eigenvalue weighted by atomic mass is 16.7. The molecule has 6 nitrogen and oxygen atoms in total. The Balaban J connectivity index is 2.12.